The van der Waals surface area contributed by atoms with Gasteiger partial charge in [0.05, 0.1) is 12.2 Å². The Bertz CT molecular complexity index is 264. The summed E-state index contributed by atoms with van der Waals surface area (Å²) >= 11 is 0. The Hall–Kier alpha value is -0.830. The second-order valence-corrected chi connectivity index (χ2v) is 3.64. The van der Waals surface area contributed by atoms with Crippen LogP contribution in [0.25, 0.3) is 0 Å². The van der Waals surface area contributed by atoms with Crippen molar-refractivity contribution in [2.75, 3.05) is 6.54 Å². The van der Waals surface area contributed by atoms with Crippen LogP contribution in [0, 0.1) is 12.8 Å². The second kappa shape index (κ2) is 2.90. The summed E-state index contributed by atoms with van der Waals surface area (Å²) in [7, 11) is 0. The predicted octanol–water partition coefficient (Wildman–Crippen LogP) is 1.10. The molecule has 1 saturated carbocycles. The molecule has 1 aromatic heterocycles. The van der Waals surface area contributed by atoms with Gasteiger partial charge < -0.3 is 5.73 Å². The van der Waals surface area contributed by atoms with Crippen LogP contribution >= 0.6 is 0 Å². The van der Waals surface area contributed by atoms with Gasteiger partial charge in [-0.2, -0.15) is 5.10 Å². The number of hydrogen-bond acceptors (Lipinski definition) is 2. The summed E-state index contributed by atoms with van der Waals surface area (Å²) in [5.74, 6) is 0.657. The molecule has 0 radical (unpaired) electrons. The lowest BCUT2D eigenvalue weighted by atomic mass is 9.80. The van der Waals surface area contributed by atoms with Crippen LogP contribution in [0.15, 0.2) is 12.4 Å². The number of nitrogens with zero attached hydrogens (tertiary/aromatic N) is 2. The average molecular weight is 165 g/mol. The molecular weight excluding hydrogens is 150 g/mol. The van der Waals surface area contributed by atoms with Gasteiger partial charge in [0, 0.05) is 6.20 Å². The molecule has 3 heteroatoms. The third-order valence-corrected chi connectivity index (χ3v) is 2.75. The average Bonchev–Trinajstić information content (AvgIpc) is 2.35. The van der Waals surface area contributed by atoms with Crippen LogP contribution in [0.2, 0.25) is 0 Å². The molecule has 12 heavy (non-hydrogen) atoms. The maximum Gasteiger partial charge on any atom is 0.0559 e. The molecule has 1 heterocycles. The Morgan fingerprint density at radius 2 is 2.50 bits per heavy atom. The van der Waals surface area contributed by atoms with Gasteiger partial charge in [-0.25, -0.2) is 0 Å². The first kappa shape index (κ1) is 7.80. The summed E-state index contributed by atoms with van der Waals surface area (Å²) in [4.78, 5) is 0. The Labute approximate surface area is 72.6 Å². The van der Waals surface area contributed by atoms with Crippen LogP contribution < -0.4 is 5.73 Å². The monoisotopic (exact) mass is 165 g/mol. The van der Waals surface area contributed by atoms with Crippen LogP contribution in [0.5, 0.6) is 0 Å². The van der Waals surface area contributed by atoms with E-state index in [0.717, 1.165) is 6.54 Å². The van der Waals surface area contributed by atoms with E-state index >= 15 is 0 Å². The highest BCUT2D eigenvalue weighted by molar-refractivity contribution is 5.02. The summed E-state index contributed by atoms with van der Waals surface area (Å²) in [6.07, 6.45) is 6.52. The SMILES string of the molecule is Cc1cnn(C2CCC2CN)c1. The van der Waals surface area contributed by atoms with Crippen molar-refractivity contribution in [1.82, 2.24) is 9.78 Å². The third-order valence-electron chi connectivity index (χ3n) is 2.75. The molecule has 0 spiro atoms. The minimum Gasteiger partial charge on any atom is -0.330 e. The topological polar surface area (TPSA) is 43.8 Å². The van der Waals surface area contributed by atoms with Gasteiger partial charge in [0.1, 0.15) is 0 Å². The summed E-state index contributed by atoms with van der Waals surface area (Å²) < 4.78 is 2.07. The molecule has 2 unspecified atom stereocenters. The van der Waals surface area contributed by atoms with Gasteiger partial charge in [0.2, 0.25) is 0 Å². The zero-order chi connectivity index (χ0) is 8.55. The largest absolute Gasteiger partial charge is 0.330 e. The van der Waals surface area contributed by atoms with Crippen molar-refractivity contribution < 1.29 is 0 Å². The normalized spacial score (nSPS) is 28.5. The molecule has 0 bridgehead atoms. The quantitative estimate of drug-likeness (QED) is 0.713. The molecular formula is C9H15N3. The van der Waals surface area contributed by atoms with Crippen molar-refractivity contribution in [2.24, 2.45) is 11.7 Å². The lowest BCUT2D eigenvalue weighted by molar-refractivity contribution is 0.174. The van der Waals surface area contributed by atoms with Gasteiger partial charge in [-0.05, 0) is 37.8 Å². The molecule has 1 aliphatic rings. The van der Waals surface area contributed by atoms with Gasteiger partial charge in [-0.1, -0.05) is 0 Å². The molecule has 1 aromatic rings. The number of hydrogen-bond donors (Lipinski definition) is 1. The van der Waals surface area contributed by atoms with Gasteiger partial charge in [0.25, 0.3) is 0 Å². The van der Waals surface area contributed by atoms with E-state index in [-0.39, 0.29) is 0 Å². The Kier molecular flexibility index (Phi) is 1.89. The highest BCUT2D eigenvalue weighted by Gasteiger charge is 2.31. The van der Waals surface area contributed by atoms with Crippen molar-refractivity contribution in [2.45, 2.75) is 25.8 Å². The molecule has 2 rings (SSSR count). The fourth-order valence-corrected chi connectivity index (χ4v) is 1.79. The van der Waals surface area contributed by atoms with Gasteiger partial charge in [-0.3, -0.25) is 4.68 Å². The maximum atomic E-state index is 5.63. The van der Waals surface area contributed by atoms with Crippen LogP contribution in [-0.2, 0) is 0 Å². The first-order chi connectivity index (χ1) is 5.81. The Morgan fingerprint density at radius 3 is 2.92 bits per heavy atom. The zero-order valence-corrected chi connectivity index (χ0v) is 7.40. The van der Waals surface area contributed by atoms with Crippen molar-refractivity contribution in [3.05, 3.63) is 18.0 Å². The summed E-state index contributed by atoms with van der Waals surface area (Å²) in [6, 6.07) is 0.573. The smallest absolute Gasteiger partial charge is 0.0559 e. The van der Waals surface area contributed by atoms with Gasteiger partial charge in [0.15, 0.2) is 0 Å². The summed E-state index contributed by atoms with van der Waals surface area (Å²) in [5, 5.41) is 4.30. The van der Waals surface area contributed by atoms with E-state index in [0.29, 0.717) is 12.0 Å². The Morgan fingerprint density at radius 1 is 1.67 bits per heavy atom. The number of aryl methyl sites for hydroxylation is 1. The van der Waals surface area contributed by atoms with Crippen LogP contribution in [0.3, 0.4) is 0 Å². The summed E-state index contributed by atoms with van der Waals surface area (Å²) in [5.41, 5.74) is 6.86. The standard InChI is InChI=1S/C9H15N3/c1-7-5-11-12(6-7)9-3-2-8(9)4-10/h5-6,8-9H,2-4,10H2,1H3. The maximum absolute atomic E-state index is 5.63. The first-order valence-electron chi connectivity index (χ1n) is 4.52. The lowest BCUT2D eigenvalue weighted by Crippen LogP contribution is -2.34. The second-order valence-electron chi connectivity index (χ2n) is 3.64. The van der Waals surface area contributed by atoms with E-state index < -0.39 is 0 Å². The van der Waals surface area contributed by atoms with E-state index in [1.165, 1.54) is 18.4 Å². The van der Waals surface area contributed by atoms with E-state index in [2.05, 4.69) is 22.9 Å². The molecule has 1 fully saturated rings. The van der Waals surface area contributed by atoms with E-state index in [1.807, 2.05) is 6.20 Å². The van der Waals surface area contributed by atoms with Crippen LogP contribution in [0.4, 0.5) is 0 Å². The number of rotatable bonds is 2. The van der Waals surface area contributed by atoms with Gasteiger partial charge in [-0.15, -0.1) is 0 Å². The van der Waals surface area contributed by atoms with Crippen LogP contribution in [0.1, 0.15) is 24.4 Å². The van der Waals surface area contributed by atoms with Crippen LogP contribution in [-0.4, -0.2) is 16.3 Å². The van der Waals surface area contributed by atoms with Gasteiger partial charge >= 0.3 is 0 Å². The van der Waals surface area contributed by atoms with Crippen molar-refractivity contribution >= 4 is 0 Å². The molecule has 2 atom stereocenters. The van der Waals surface area contributed by atoms with Crippen molar-refractivity contribution in [1.29, 1.82) is 0 Å². The molecule has 0 aromatic carbocycles. The Balaban J connectivity index is 2.10. The van der Waals surface area contributed by atoms with Crippen molar-refractivity contribution in [3.63, 3.8) is 0 Å². The lowest BCUT2D eigenvalue weighted by Gasteiger charge is -2.35. The van der Waals surface area contributed by atoms with E-state index in [4.69, 9.17) is 5.73 Å². The third kappa shape index (κ3) is 1.14. The van der Waals surface area contributed by atoms with Crippen molar-refractivity contribution in [3.8, 4) is 0 Å². The molecule has 0 saturated heterocycles. The van der Waals surface area contributed by atoms with E-state index in [9.17, 15) is 0 Å². The molecule has 1 aliphatic carbocycles. The molecule has 2 N–H and O–H groups in total. The predicted molar refractivity (Wildman–Crippen MR) is 47.8 cm³/mol. The van der Waals surface area contributed by atoms with E-state index in [1.54, 1.807) is 0 Å². The highest BCUT2D eigenvalue weighted by atomic mass is 15.3. The first-order valence-corrected chi connectivity index (χ1v) is 4.52. The molecule has 0 amide bonds. The zero-order valence-electron chi connectivity index (χ0n) is 7.40. The number of aromatic nitrogens is 2. The summed E-state index contributed by atoms with van der Waals surface area (Å²) in [6.45, 7) is 2.86. The number of nitrogens with two attached hydrogens (primary N) is 1. The minimum atomic E-state index is 0.573. The highest BCUT2D eigenvalue weighted by Crippen LogP contribution is 2.37. The fourth-order valence-electron chi connectivity index (χ4n) is 1.79. The molecule has 3 nitrogen and oxygen atoms in total. The molecule has 0 aliphatic heterocycles. The minimum absolute atomic E-state index is 0.573. The molecule has 66 valence electrons. The fraction of sp³-hybridized carbons (Fsp3) is 0.667.